The van der Waals surface area contributed by atoms with Crippen molar-refractivity contribution in [3.8, 4) is 0 Å². The maximum Gasteiger partial charge on any atom is 0.274 e. The third kappa shape index (κ3) is 4.78. The number of aromatic nitrogens is 5. The van der Waals surface area contributed by atoms with Crippen LogP contribution in [-0.4, -0.2) is 36.5 Å². The van der Waals surface area contributed by atoms with Crippen molar-refractivity contribution in [2.24, 2.45) is 0 Å². The number of rotatable bonds is 7. The summed E-state index contributed by atoms with van der Waals surface area (Å²) in [6.45, 7) is 2.04. The largest absolute Gasteiger partial charge is 0.325 e. The smallest absolute Gasteiger partial charge is 0.274 e. The van der Waals surface area contributed by atoms with Crippen molar-refractivity contribution >= 4 is 40.7 Å². The van der Waals surface area contributed by atoms with E-state index in [1.54, 1.807) is 6.07 Å². The molecular weight excluding hydrogens is 436 g/mol. The molecule has 8 nitrogen and oxygen atoms in total. The van der Waals surface area contributed by atoms with Crippen LogP contribution in [0.15, 0.2) is 58.5 Å². The highest BCUT2D eigenvalue weighted by molar-refractivity contribution is 7.99. The number of benzene rings is 2. The summed E-state index contributed by atoms with van der Waals surface area (Å²) in [7, 11) is 0. The molecule has 2 aromatic carbocycles. The molecule has 2 aromatic heterocycles. The number of aromatic amines is 1. The minimum Gasteiger partial charge on any atom is -0.325 e. The second-order valence-corrected chi connectivity index (χ2v) is 8.08. The van der Waals surface area contributed by atoms with Crippen molar-refractivity contribution in [3.63, 3.8) is 0 Å². The van der Waals surface area contributed by atoms with Gasteiger partial charge in [0, 0.05) is 17.1 Å². The molecule has 2 N–H and O–H groups in total. The van der Waals surface area contributed by atoms with Crippen molar-refractivity contribution in [1.29, 1.82) is 0 Å². The average Bonchev–Trinajstić information content (AvgIpc) is 3.16. The summed E-state index contributed by atoms with van der Waals surface area (Å²) >= 11 is 7.40. The molecule has 31 heavy (non-hydrogen) atoms. The van der Waals surface area contributed by atoms with E-state index < -0.39 is 0 Å². The Bertz CT molecular complexity index is 1300. The molecule has 4 aromatic rings. The summed E-state index contributed by atoms with van der Waals surface area (Å²) in [6, 6.07) is 15.0. The Kier molecular flexibility index (Phi) is 6.34. The van der Waals surface area contributed by atoms with Gasteiger partial charge in [-0.2, -0.15) is 9.61 Å². The van der Waals surface area contributed by atoms with Crippen molar-refractivity contribution in [1.82, 2.24) is 24.8 Å². The highest BCUT2D eigenvalue weighted by Gasteiger charge is 2.15. The zero-order valence-electron chi connectivity index (χ0n) is 16.6. The molecule has 0 radical (unpaired) electrons. The van der Waals surface area contributed by atoms with E-state index in [1.807, 2.05) is 49.4 Å². The Morgan fingerprint density at radius 2 is 1.87 bits per heavy atom. The third-order valence-corrected chi connectivity index (χ3v) is 5.93. The standard InChI is InChI=1S/C21H19ClN6O2S/c1-2-13-7-4-6-10-16(13)23-18(29)12-31-21-26-25-20-24-19(30)17(27-28(20)21)11-14-8-3-5-9-15(14)22/h3-10H,2,11-12H2,1H3,(H,23,29)(H,24,25,30). The Labute approximate surface area is 187 Å². The van der Waals surface area contributed by atoms with E-state index in [2.05, 4.69) is 25.6 Å². The highest BCUT2D eigenvalue weighted by atomic mass is 35.5. The molecule has 0 atom stereocenters. The summed E-state index contributed by atoms with van der Waals surface area (Å²) < 4.78 is 1.44. The van der Waals surface area contributed by atoms with Crippen LogP contribution in [0.2, 0.25) is 5.02 Å². The van der Waals surface area contributed by atoms with Gasteiger partial charge in [-0.25, -0.2) is 0 Å². The van der Waals surface area contributed by atoms with E-state index in [0.717, 1.165) is 23.2 Å². The molecular formula is C21H19ClN6O2S. The summed E-state index contributed by atoms with van der Waals surface area (Å²) in [5.41, 5.74) is 2.58. The van der Waals surface area contributed by atoms with Crippen molar-refractivity contribution in [2.75, 3.05) is 11.1 Å². The Hall–Kier alpha value is -3.17. The maximum atomic E-state index is 12.4. The number of hydrogen-bond donors (Lipinski definition) is 2. The summed E-state index contributed by atoms with van der Waals surface area (Å²) in [4.78, 5) is 27.5. The number of para-hydroxylation sites is 1. The number of thioether (sulfide) groups is 1. The van der Waals surface area contributed by atoms with Crippen LogP contribution in [0.3, 0.4) is 0 Å². The summed E-state index contributed by atoms with van der Waals surface area (Å²) in [6.07, 6.45) is 1.09. The second-order valence-electron chi connectivity index (χ2n) is 6.73. The van der Waals surface area contributed by atoms with Crippen LogP contribution in [0.1, 0.15) is 23.7 Å². The number of halogens is 1. The highest BCUT2D eigenvalue weighted by Crippen LogP contribution is 2.20. The molecule has 0 fully saturated rings. The Morgan fingerprint density at radius 1 is 1.13 bits per heavy atom. The van der Waals surface area contributed by atoms with Crippen LogP contribution in [0, 0.1) is 0 Å². The Balaban J connectivity index is 1.51. The molecule has 0 bridgehead atoms. The van der Waals surface area contributed by atoms with E-state index >= 15 is 0 Å². The first-order chi connectivity index (χ1) is 15.0. The zero-order chi connectivity index (χ0) is 21.8. The molecule has 0 aliphatic carbocycles. The molecule has 0 aliphatic rings. The predicted molar refractivity (Wildman–Crippen MR) is 121 cm³/mol. The molecule has 0 spiro atoms. The minimum atomic E-state index is -0.356. The number of carbonyl (C=O) groups is 1. The number of nitrogens with zero attached hydrogens (tertiary/aromatic N) is 4. The number of anilines is 1. The number of carbonyl (C=O) groups excluding carboxylic acids is 1. The number of fused-ring (bicyclic) bond motifs is 1. The lowest BCUT2D eigenvalue weighted by Gasteiger charge is -2.09. The van der Waals surface area contributed by atoms with Gasteiger partial charge in [-0.05, 0) is 29.7 Å². The molecule has 0 aliphatic heterocycles. The van der Waals surface area contributed by atoms with E-state index in [4.69, 9.17) is 11.6 Å². The summed E-state index contributed by atoms with van der Waals surface area (Å²) in [5, 5.41) is 16.3. The quantitative estimate of drug-likeness (QED) is 0.415. The molecule has 0 unspecified atom stereocenters. The number of aryl methyl sites for hydroxylation is 1. The molecule has 10 heteroatoms. The van der Waals surface area contributed by atoms with Crippen molar-refractivity contribution in [3.05, 3.63) is 80.7 Å². The van der Waals surface area contributed by atoms with Gasteiger partial charge < -0.3 is 5.32 Å². The van der Waals surface area contributed by atoms with Crippen molar-refractivity contribution < 1.29 is 4.79 Å². The molecule has 158 valence electrons. The van der Waals surface area contributed by atoms with Crippen LogP contribution in [0.4, 0.5) is 5.69 Å². The average molecular weight is 455 g/mol. The first kappa shape index (κ1) is 21.1. The van der Waals surface area contributed by atoms with Crippen molar-refractivity contribution in [2.45, 2.75) is 24.9 Å². The lowest BCUT2D eigenvalue weighted by Crippen LogP contribution is -2.19. The lowest BCUT2D eigenvalue weighted by atomic mass is 10.1. The molecule has 0 saturated carbocycles. The SMILES string of the molecule is CCc1ccccc1NC(=O)CSc1nnc2[nH]c(=O)c(Cc3ccccc3Cl)nn12. The van der Waals surface area contributed by atoms with Crippen LogP contribution in [0.25, 0.3) is 5.78 Å². The monoisotopic (exact) mass is 454 g/mol. The van der Waals surface area contributed by atoms with Gasteiger partial charge in [0.15, 0.2) is 0 Å². The van der Waals surface area contributed by atoms with E-state index in [-0.39, 0.29) is 35.1 Å². The van der Waals surface area contributed by atoms with Crippen LogP contribution in [-0.2, 0) is 17.6 Å². The van der Waals surface area contributed by atoms with Gasteiger partial charge in [0.05, 0.1) is 5.75 Å². The molecule has 0 saturated heterocycles. The van der Waals surface area contributed by atoms with E-state index in [9.17, 15) is 9.59 Å². The third-order valence-electron chi connectivity index (χ3n) is 4.64. The first-order valence-corrected chi connectivity index (χ1v) is 11.0. The first-order valence-electron chi connectivity index (χ1n) is 9.63. The van der Waals surface area contributed by atoms with E-state index in [1.165, 1.54) is 16.3 Å². The number of amides is 1. The maximum absolute atomic E-state index is 12.4. The minimum absolute atomic E-state index is 0.124. The topological polar surface area (TPSA) is 105 Å². The van der Waals surface area contributed by atoms with Gasteiger partial charge in [0.2, 0.25) is 11.1 Å². The fourth-order valence-corrected chi connectivity index (χ4v) is 3.95. The Morgan fingerprint density at radius 3 is 2.65 bits per heavy atom. The van der Waals surface area contributed by atoms with E-state index in [0.29, 0.717) is 10.2 Å². The molecule has 4 rings (SSSR count). The van der Waals surface area contributed by atoms with Gasteiger partial charge in [-0.15, -0.1) is 10.2 Å². The lowest BCUT2D eigenvalue weighted by molar-refractivity contribution is -0.113. The number of H-pyrrole nitrogens is 1. The van der Waals surface area contributed by atoms with Crippen LogP contribution < -0.4 is 10.9 Å². The normalized spacial score (nSPS) is 11.0. The van der Waals surface area contributed by atoms with Gasteiger partial charge in [-0.3, -0.25) is 14.6 Å². The van der Waals surface area contributed by atoms with Gasteiger partial charge >= 0.3 is 0 Å². The number of nitrogens with one attached hydrogen (secondary N) is 2. The fourth-order valence-electron chi connectivity index (χ4n) is 3.07. The summed E-state index contributed by atoms with van der Waals surface area (Å²) in [5.74, 6) is 0.176. The number of hydrogen-bond acceptors (Lipinski definition) is 6. The zero-order valence-corrected chi connectivity index (χ0v) is 18.2. The fraction of sp³-hybridized carbons (Fsp3) is 0.190. The van der Waals surface area contributed by atoms with Gasteiger partial charge in [-0.1, -0.05) is 66.7 Å². The second kappa shape index (κ2) is 9.32. The predicted octanol–water partition coefficient (Wildman–Crippen LogP) is 3.35. The molecule has 1 amide bonds. The van der Waals surface area contributed by atoms with Crippen LogP contribution in [0.5, 0.6) is 0 Å². The molecule has 2 heterocycles. The van der Waals surface area contributed by atoms with Gasteiger partial charge in [0.25, 0.3) is 11.3 Å². The van der Waals surface area contributed by atoms with Crippen LogP contribution >= 0.6 is 23.4 Å². The van der Waals surface area contributed by atoms with Gasteiger partial charge in [0.1, 0.15) is 5.69 Å².